The number of rotatable bonds is 8. The van der Waals surface area contributed by atoms with Crippen molar-refractivity contribution in [1.29, 1.82) is 0 Å². The smallest absolute Gasteiger partial charge is 0.298 e. The Balaban J connectivity index is 0.00000145. The summed E-state index contributed by atoms with van der Waals surface area (Å²) in [5.74, 6) is -0.121. The molecule has 2 aromatic carbocycles. The number of hydrogen-bond donors (Lipinski definition) is 1. The molecule has 0 aliphatic heterocycles. The monoisotopic (exact) mass is 433 g/mol. The van der Waals surface area contributed by atoms with Gasteiger partial charge in [0.2, 0.25) is 0 Å². The van der Waals surface area contributed by atoms with Crippen LogP contribution in [0.4, 0.5) is 15.2 Å². The van der Waals surface area contributed by atoms with Gasteiger partial charge in [0.15, 0.2) is 10.9 Å². The van der Waals surface area contributed by atoms with Gasteiger partial charge in [0.25, 0.3) is 6.47 Å². The molecule has 0 aliphatic rings. The van der Waals surface area contributed by atoms with Crippen LogP contribution in [-0.4, -0.2) is 18.5 Å². The molecule has 1 heterocycles. The van der Waals surface area contributed by atoms with Crippen molar-refractivity contribution in [1.82, 2.24) is 4.98 Å². The first-order chi connectivity index (χ1) is 14.1. The average molecular weight is 434 g/mol. The van der Waals surface area contributed by atoms with Crippen LogP contribution in [0.2, 0.25) is 0 Å². The van der Waals surface area contributed by atoms with Crippen molar-refractivity contribution < 1.29 is 13.9 Å². The molecular weight excluding hydrogens is 409 g/mol. The van der Waals surface area contributed by atoms with E-state index in [4.69, 9.17) is 4.74 Å². The maximum Gasteiger partial charge on any atom is 0.298 e. The third-order valence-electron chi connectivity index (χ3n) is 4.11. The van der Waals surface area contributed by atoms with Crippen molar-refractivity contribution in [3.8, 4) is 5.75 Å². The average Bonchev–Trinajstić information content (AvgIpc) is 3.28. The molecule has 0 fully saturated rings. The van der Waals surface area contributed by atoms with Gasteiger partial charge in [-0.1, -0.05) is 44.2 Å². The van der Waals surface area contributed by atoms with E-state index >= 15 is 0 Å². The minimum atomic E-state index is -0.413. The fraction of sp³-hybridized carbons (Fsp3) is 0.238. The van der Waals surface area contributed by atoms with E-state index in [0.717, 1.165) is 17.5 Å². The van der Waals surface area contributed by atoms with Gasteiger partial charge in [-0.25, -0.2) is 9.37 Å². The van der Waals surface area contributed by atoms with E-state index in [1.165, 1.54) is 23.5 Å². The first-order valence-electron chi connectivity index (χ1n) is 9.14. The Labute approximate surface area is 179 Å². The molecule has 0 saturated carbocycles. The number of thiazole rings is 1. The summed E-state index contributed by atoms with van der Waals surface area (Å²) in [6, 6.07) is 12.7. The molecule has 0 saturated heterocycles. The van der Waals surface area contributed by atoms with Gasteiger partial charge in [-0.15, -0.1) is 11.3 Å². The molecule has 1 unspecified atom stereocenters. The summed E-state index contributed by atoms with van der Waals surface area (Å²) in [5.41, 5.74) is 1.57. The summed E-state index contributed by atoms with van der Waals surface area (Å²) in [5, 5.41) is 2.49. The molecule has 1 aromatic heterocycles. The van der Waals surface area contributed by atoms with Crippen LogP contribution in [0.25, 0.3) is 0 Å². The SMILES string of the molecule is CC.CC(c1ccccc1)N(C)c1cc(F)c(SNc2nccs2)cc1OC=O. The number of nitrogens with one attached hydrogen (secondary N) is 1. The highest BCUT2D eigenvalue weighted by Gasteiger charge is 2.20. The standard InChI is InChI=1S/C19H18FN3O2S2.C2H6/c1-13(14-6-4-3-5-7-14)23(2)16-10-15(20)18(11-17(16)25-12-24)27-22-19-21-8-9-26-19;1-2/h3-13H,1-2H3,(H,21,22);1-2H3. The molecule has 0 bridgehead atoms. The Morgan fingerprint density at radius 2 is 2.00 bits per heavy atom. The lowest BCUT2D eigenvalue weighted by atomic mass is 10.1. The zero-order chi connectivity index (χ0) is 21.2. The number of aromatic nitrogens is 1. The van der Waals surface area contributed by atoms with Gasteiger partial charge in [-0.3, -0.25) is 4.79 Å². The summed E-state index contributed by atoms with van der Waals surface area (Å²) in [6.45, 7) is 6.35. The Morgan fingerprint density at radius 1 is 1.28 bits per heavy atom. The van der Waals surface area contributed by atoms with Crippen LogP contribution in [-0.2, 0) is 4.79 Å². The van der Waals surface area contributed by atoms with Gasteiger partial charge in [0, 0.05) is 30.8 Å². The quantitative estimate of drug-likeness (QED) is 0.339. The lowest BCUT2D eigenvalue weighted by Gasteiger charge is -2.29. The van der Waals surface area contributed by atoms with Crippen LogP contribution >= 0.6 is 23.3 Å². The predicted octanol–water partition coefficient (Wildman–Crippen LogP) is 6.16. The number of hydrogen-bond acceptors (Lipinski definition) is 7. The van der Waals surface area contributed by atoms with Crippen molar-refractivity contribution in [2.24, 2.45) is 0 Å². The number of carbonyl (C=O) groups is 1. The Kier molecular flexibility index (Phi) is 8.95. The van der Waals surface area contributed by atoms with Gasteiger partial charge in [-0.2, -0.15) is 0 Å². The van der Waals surface area contributed by atoms with Crippen molar-refractivity contribution in [2.45, 2.75) is 31.7 Å². The predicted molar refractivity (Wildman–Crippen MR) is 119 cm³/mol. The van der Waals surface area contributed by atoms with Crippen molar-refractivity contribution in [3.63, 3.8) is 0 Å². The number of nitrogens with zero attached hydrogens (tertiary/aromatic N) is 2. The molecule has 3 aromatic rings. The van der Waals surface area contributed by atoms with E-state index in [1.54, 1.807) is 6.20 Å². The zero-order valence-electron chi connectivity index (χ0n) is 16.8. The highest BCUT2D eigenvalue weighted by atomic mass is 32.2. The van der Waals surface area contributed by atoms with Crippen molar-refractivity contribution in [2.75, 3.05) is 16.7 Å². The molecule has 0 spiro atoms. The number of carbonyl (C=O) groups excluding carboxylic acids is 1. The van der Waals surface area contributed by atoms with Gasteiger partial charge in [0.1, 0.15) is 5.82 Å². The van der Waals surface area contributed by atoms with Gasteiger partial charge in [-0.05, 0) is 24.4 Å². The molecular formula is C21H24FN3O2S2. The molecule has 0 radical (unpaired) electrons. The van der Waals surface area contributed by atoms with E-state index in [2.05, 4.69) is 9.71 Å². The molecule has 1 N–H and O–H groups in total. The summed E-state index contributed by atoms with van der Waals surface area (Å²) in [6.07, 6.45) is 1.66. The van der Waals surface area contributed by atoms with Gasteiger partial charge >= 0.3 is 0 Å². The highest BCUT2D eigenvalue weighted by Crippen LogP contribution is 2.38. The molecule has 154 valence electrons. The van der Waals surface area contributed by atoms with E-state index in [0.29, 0.717) is 27.9 Å². The fourth-order valence-corrected chi connectivity index (χ4v) is 3.82. The zero-order valence-corrected chi connectivity index (χ0v) is 18.4. The first-order valence-corrected chi connectivity index (χ1v) is 10.8. The van der Waals surface area contributed by atoms with Crippen molar-refractivity contribution in [3.05, 3.63) is 65.4 Å². The lowest BCUT2D eigenvalue weighted by Crippen LogP contribution is -2.22. The topological polar surface area (TPSA) is 54.5 Å². The lowest BCUT2D eigenvalue weighted by molar-refractivity contribution is -0.120. The molecule has 1 atom stereocenters. The number of ether oxygens (including phenoxy) is 1. The van der Waals surface area contributed by atoms with Crippen LogP contribution in [0.3, 0.4) is 0 Å². The summed E-state index contributed by atoms with van der Waals surface area (Å²) < 4.78 is 22.8. The minimum Gasteiger partial charge on any atom is -0.426 e. The molecule has 29 heavy (non-hydrogen) atoms. The van der Waals surface area contributed by atoms with Gasteiger partial charge < -0.3 is 14.4 Å². The largest absolute Gasteiger partial charge is 0.426 e. The minimum absolute atomic E-state index is 0.0356. The molecule has 3 rings (SSSR count). The second-order valence-corrected chi connectivity index (χ2v) is 7.45. The second-order valence-electron chi connectivity index (χ2n) is 5.70. The summed E-state index contributed by atoms with van der Waals surface area (Å²) in [4.78, 5) is 17.2. The van der Waals surface area contributed by atoms with Gasteiger partial charge in [0.05, 0.1) is 16.6 Å². The van der Waals surface area contributed by atoms with E-state index < -0.39 is 5.82 Å². The Morgan fingerprint density at radius 3 is 2.62 bits per heavy atom. The molecule has 0 aliphatic carbocycles. The number of benzene rings is 2. The van der Waals surface area contributed by atoms with E-state index in [9.17, 15) is 9.18 Å². The summed E-state index contributed by atoms with van der Waals surface area (Å²) >= 11 is 2.49. The summed E-state index contributed by atoms with van der Waals surface area (Å²) in [7, 11) is 1.84. The first kappa shape index (κ1) is 22.7. The van der Waals surface area contributed by atoms with Crippen LogP contribution in [0.1, 0.15) is 32.4 Å². The molecule has 5 nitrogen and oxygen atoms in total. The highest BCUT2D eigenvalue weighted by molar-refractivity contribution is 8.00. The second kappa shape index (κ2) is 11.4. The van der Waals surface area contributed by atoms with Crippen LogP contribution < -0.4 is 14.4 Å². The Hall–Kier alpha value is -2.58. The third-order valence-corrected chi connectivity index (χ3v) is 5.76. The molecule has 0 amide bonds. The maximum atomic E-state index is 14.7. The number of halogens is 1. The normalized spacial score (nSPS) is 11.1. The van der Waals surface area contributed by atoms with E-state index in [1.807, 2.05) is 68.4 Å². The number of anilines is 2. The van der Waals surface area contributed by atoms with Crippen LogP contribution in [0.5, 0.6) is 5.75 Å². The van der Waals surface area contributed by atoms with Crippen molar-refractivity contribution >= 4 is 40.6 Å². The van der Waals surface area contributed by atoms with Crippen LogP contribution in [0.15, 0.2) is 58.9 Å². The third kappa shape index (κ3) is 5.95. The Bertz CT molecular complexity index is 892. The van der Waals surface area contributed by atoms with Crippen LogP contribution in [0, 0.1) is 5.82 Å². The van der Waals surface area contributed by atoms with E-state index in [-0.39, 0.29) is 6.04 Å². The maximum absolute atomic E-state index is 14.7. The fourth-order valence-electron chi connectivity index (χ4n) is 2.56. The molecule has 8 heteroatoms.